The Bertz CT molecular complexity index is 1090. The van der Waals surface area contributed by atoms with Crippen molar-refractivity contribution in [3.05, 3.63) is 81.6 Å². The number of pyridine rings is 1. The van der Waals surface area contributed by atoms with Crippen molar-refractivity contribution in [1.29, 1.82) is 0 Å². The molecule has 1 aliphatic carbocycles. The largest absolute Gasteiger partial charge is 0.356 e. The van der Waals surface area contributed by atoms with Crippen LogP contribution < -0.4 is 10.9 Å². The highest BCUT2D eigenvalue weighted by atomic mass is 32.1. The summed E-state index contributed by atoms with van der Waals surface area (Å²) in [6.07, 6.45) is 4.66. The number of nitrogens with zero attached hydrogens (tertiary/aromatic N) is 1. The Morgan fingerprint density at radius 1 is 1.17 bits per heavy atom. The van der Waals surface area contributed by atoms with Gasteiger partial charge in [-0.2, -0.15) is 0 Å². The summed E-state index contributed by atoms with van der Waals surface area (Å²) in [5.41, 5.74) is 3.98. The van der Waals surface area contributed by atoms with E-state index in [1.807, 2.05) is 36.4 Å². The van der Waals surface area contributed by atoms with Crippen molar-refractivity contribution < 1.29 is 0 Å². The van der Waals surface area contributed by atoms with Crippen LogP contribution in [0.4, 0.5) is 0 Å². The van der Waals surface area contributed by atoms with Crippen LogP contribution >= 0.6 is 12.2 Å². The van der Waals surface area contributed by atoms with Gasteiger partial charge in [-0.3, -0.25) is 4.79 Å². The lowest BCUT2D eigenvalue weighted by Gasteiger charge is -2.33. The number of aromatic nitrogens is 1. The minimum absolute atomic E-state index is 0.0340. The van der Waals surface area contributed by atoms with E-state index in [1.165, 1.54) is 24.0 Å². The average molecular weight is 420 g/mol. The van der Waals surface area contributed by atoms with Crippen LogP contribution in [0.25, 0.3) is 10.9 Å². The van der Waals surface area contributed by atoms with Crippen LogP contribution in [0, 0.1) is 6.92 Å². The first kappa shape index (κ1) is 20.6. The zero-order valence-corrected chi connectivity index (χ0v) is 18.5. The molecule has 0 saturated heterocycles. The van der Waals surface area contributed by atoms with E-state index < -0.39 is 0 Å². The number of fused-ring (bicyclic) bond motifs is 1. The Kier molecular flexibility index (Phi) is 6.18. The van der Waals surface area contributed by atoms with Crippen molar-refractivity contribution in [2.45, 2.75) is 58.2 Å². The Hall–Kier alpha value is -2.66. The van der Waals surface area contributed by atoms with Crippen molar-refractivity contribution in [3.8, 4) is 0 Å². The number of H-pyrrole nitrogens is 1. The Labute approximate surface area is 183 Å². The normalized spacial score (nSPS) is 15.3. The van der Waals surface area contributed by atoms with Gasteiger partial charge in [0.25, 0.3) is 5.56 Å². The number of aromatic amines is 1. The molecule has 1 heterocycles. The Morgan fingerprint density at radius 2 is 1.90 bits per heavy atom. The number of rotatable bonds is 5. The lowest BCUT2D eigenvalue weighted by molar-refractivity contribution is 0.300. The number of aryl methyl sites for hydroxylation is 1. The molecule has 1 aliphatic rings. The molecule has 0 bridgehead atoms. The second kappa shape index (κ2) is 9.00. The molecule has 4 nitrogen and oxygen atoms in total. The highest BCUT2D eigenvalue weighted by Gasteiger charge is 2.26. The van der Waals surface area contributed by atoms with E-state index in [2.05, 4.69) is 47.2 Å². The zero-order chi connectivity index (χ0) is 21.1. The molecule has 1 saturated carbocycles. The molecule has 0 unspecified atom stereocenters. The third kappa shape index (κ3) is 4.57. The van der Waals surface area contributed by atoms with E-state index in [0.717, 1.165) is 34.4 Å². The smallest absolute Gasteiger partial charge is 0.253 e. The summed E-state index contributed by atoms with van der Waals surface area (Å²) in [7, 11) is 0. The fourth-order valence-electron chi connectivity index (χ4n) is 4.35. The lowest BCUT2D eigenvalue weighted by atomic mass is 10.1. The molecule has 0 radical (unpaired) electrons. The van der Waals surface area contributed by atoms with Gasteiger partial charge >= 0.3 is 0 Å². The van der Waals surface area contributed by atoms with Crippen molar-refractivity contribution in [1.82, 2.24) is 15.2 Å². The molecule has 0 amide bonds. The molecule has 156 valence electrons. The van der Waals surface area contributed by atoms with Gasteiger partial charge in [0.05, 0.1) is 12.6 Å². The van der Waals surface area contributed by atoms with Crippen LogP contribution in [0.2, 0.25) is 0 Å². The monoisotopic (exact) mass is 419 g/mol. The van der Waals surface area contributed by atoms with E-state index >= 15 is 0 Å². The summed E-state index contributed by atoms with van der Waals surface area (Å²) in [5, 5.41) is 5.29. The SMILES string of the molecule is Cc1ccc2[nH]c(=O)c(CN(C(=S)N[C@H](C)c3ccccc3)C3CCCC3)cc2c1. The fraction of sp³-hybridized carbons (Fsp3) is 0.360. The van der Waals surface area contributed by atoms with Crippen LogP contribution in [0.5, 0.6) is 0 Å². The minimum atomic E-state index is -0.0340. The van der Waals surface area contributed by atoms with E-state index in [0.29, 0.717) is 12.6 Å². The van der Waals surface area contributed by atoms with Gasteiger partial charge in [-0.15, -0.1) is 0 Å². The van der Waals surface area contributed by atoms with Gasteiger partial charge in [-0.05, 0) is 68.1 Å². The fourth-order valence-corrected chi connectivity index (χ4v) is 4.74. The second-order valence-corrected chi connectivity index (χ2v) is 8.75. The topological polar surface area (TPSA) is 48.1 Å². The molecule has 1 aromatic heterocycles. The first-order chi connectivity index (χ1) is 14.5. The molecular weight excluding hydrogens is 390 g/mol. The molecule has 1 fully saturated rings. The van der Waals surface area contributed by atoms with E-state index in [1.54, 1.807) is 0 Å². The summed E-state index contributed by atoms with van der Waals surface area (Å²) in [4.78, 5) is 18.1. The Balaban J connectivity index is 1.60. The molecular formula is C25H29N3OS. The lowest BCUT2D eigenvalue weighted by Crippen LogP contribution is -2.46. The van der Waals surface area contributed by atoms with Gasteiger partial charge in [0, 0.05) is 17.1 Å². The van der Waals surface area contributed by atoms with E-state index in [9.17, 15) is 4.79 Å². The molecule has 30 heavy (non-hydrogen) atoms. The first-order valence-corrected chi connectivity index (χ1v) is 11.2. The molecule has 5 heteroatoms. The molecule has 2 aromatic carbocycles. The van der Waals surface area contributed by atoms with Gasteiger partial charge < -0.3 is 15.2 Å². The second-order valence-electron chi connectivity index (χ2n) is 8.36. The minimum Gasteiger partial charge on any atom is -0.356 e. The van der Waals surface area contributed by atoms with Gasteiger partial charge in [0.1, 0.15) is 0 Å². The van der Waals surface area contributed by atoms with Crippen LogP contribution in [-0.2, 0) is 6.54 Å². The maximum atomic E-state index is 12.8. The van der Waals surface area contributed by atoms with Gasteiger partial charge in [0.2, 0.25) is 0 Å². The highest BCUT2D eigenvalue weighted by Crippen LogP contribution is 2.26. The molecule has 0 spiro atoms. The third-order valence-corrected chi connectivity index (χ3v) is 6.44. The molecule has 3 aromatic rings. The van der Waals surface area contributed by atoms with E-state index in [-0.39, 0.29) is 11.6 Å². The van der Waals surface area contributed by atoms with Gasteiger partial charge in [-0.25, -0.2) is 0 Å². The van der Waals surface area contributed by atoms with Crippen LogP contribution in [0.3, 0.4) is 0 Å². The van der Waals surface area contributed by atoms with Crippen LogP contribution in [0.15, 0.2) is 59.4 Å². The number of thiocarbonyl (C=S) groups is 1. The predicted octanol–water partition coefficient (Wildman–Crippen LogP) is 5.22. The number of hydrogen-bond donors (Lipinski definition) is 2. The average Bonchev–Trinajstić information content (AvgIpc) is 3.27. The first-order valence-electron chi connectivity index (χ1n) is 10.8. The Morgan fingerprint density at radius 3 is 2.63 bits per heavy atom. The van der Waals surface area contributed by atoms with Crippen molar-refractivity contribution in [2.24, 2.45) is 0 Å². The molecule has 4 rings (SSSR count). The summed E-state index contributed by atoms with van der Waals surface area (Å²) in [5.74, 6) is 0. The number of nitrogens with one attached hydrogen (secondary N) is 2. The number of benzene rings is 2. The van der Waals surface area contributed by atoms with Crippen molar-refractivity contribution in [2.75, 3.05) is 0 Å². The van der Waals surface area contributed by atoms with Crippen molar-refractivity contribution in [3.63, 3.8) is 0 Å². The van der Waals surface area contributed by atoms with Crippen LogP contribution in [-0.4, -0.2) is 21.0 Å². The molecule has 2 N–H and O–H groups in total. The van der Waals surface area contributed by atoms with Crippen LogP contribution in [0.1, 0.15) is 55.3 Å². The maximum absolute atomic E-state index is 12.8. The van der Waals surface area contributed by atoms with Crippen molar-refractivity contribution >= 4 is 28.2 Å². The zero-order valence-electron chi connectivity index (χ0n) is 17.7. The van der Waals surface area contributed by atoms with E-state index in [4.69, 9.17) is 12.2 Å². The summed E-state index contributed by atoms with van der Waals surface area (Å²) < 4.78 is 0. The van der Waals surface area contributed by atoms with Gasteiger partial charge in [0.15, 0.2) is 5.11 Å². The number of hydrogen-bond acceptors (Lipinski definition) is 2. The summed E-state index contributed by atoms with van der Waals surface area (Å²) in [6.45, 7) is 4.72. The summed E-state index contributed by atoms with van der Waals surface area (Å²) >= 11 is 5.85. The summed E-state index contributed by atoms with van der Waals surface area (Å²) in [6, 6.07) is 18.9. The predicted molar refractivity (Wildman–Crippen MR) is 128 cm³/mol. The standard InChI is InChI=1S/C25H29N3OS/c1-17-12-13-23-20(14-17)15-21(24(29)27-23)16-28(22-10-6-7-11-22)25(30)26-18(2)19-8-4-3-5-9-19/h3-5,8-9,12-15,18,22H,6-7,10-11,16H2,1-2H3,(H,26,30)(H,27,29)/t18-/m1/s1. The van der Waals surface area contributed by atoms with Gasteiger partial charge in [-0.1, -0.05) is 54.8 Å². The maximum Gasteiger partial charge on any atom is 0.253 e. The highest BCUT2D eigenvalue weighted by molar-refractivity contribution is 7.80. The third-order valence-electron chi connectivity index (χ3n) is 6.08. The molecule has 0 aliphatic heterocycles. The quantitative estimate of drug-likeness (QED) is 0.557. The molecule has 1 atom stereocenters.